The van der Waals surface area contributed by atoms with Gasteiger partial charge in [0.05, 0.1) is 0 Å². The second-order valence-corrected chi connectivity index (χ2v) is 6.62. The van der Waals surface area contributed by atoms with Crippen LogP contribution in [0.15, 0.2) is 60.7 Å². The molecule has 0 aliphatic heterocycles. The standard InChI is InChI=1S/C20H25N/c1-15(2)13-19(17-11-7-4-8-12-17)21-20-14-18(20)16-9-5-3-6-10-16/h3-12,15,18-21H,13-14H2,1-2H3. The Morgan fingerprint density at radius 1 is 0.952 bits per heavy atom. The Morgan fingerprint density at radius 2 is 1.57 bits per heavy atom. The fraction of sp³-hybridized carbons (Fsp3) is 0.400. The first-order chi connectivity index (χ1) is 10.2. The molecule has 1 fully saturated rings. The van der Waals surface area contributed by atoms with Gasteiger partial charge >= 0.3 is 0 Å². The molecule has 21 heavy (non-hydrogen) atoms. The summed E-state index contributed by atoms with van der Waals surface area (Å²) in [6.07, 6.45) is 2.47. The van der Waals surface area contributed by atoms with E-state index in [2.05, 4.69) is 79.8 Å². The van der Waals surface area contributed by atoms with Crippen molar-refractivity contribution in [1.29, 1.82) is 0 Å². The molecule has 3 unspecified atom stereocenters. The maximum Gasteiger partial charge on any atom is 0.0325 e. The van der Waals surface area contributed by atoms with E-state index in [0.29, 0.717) is 23.9 Å². The van der Waals surface area contributed by atoms with Crippen LogP contribution < -0.4 is 5.32 Å². The molecule has 1 N–H and O–H groups in total. The number of hydrogen-bond donors (Lipinski definition) is 1. The van der Waals surface area contributed by atoms with Crippen molar-refractivity contribution in [3.05, 3.63) is 71.8 Å². The van der Waals surface area contributed by atoms with Gasteiger partial charge in [-0.25, -0.2) is 0 Å². The highest BCUT2D eigenvalue weighted by molar-refractivity contribution is 5.29. The van der Waals surface area contributed by atoms with Gasteiger partial charge in [-0.3, -0.25) is 0 Å². The molecule has 1 heteroatoms. The lowest BCUT2D eigenvalue weighted by atomic mass is 9.97. The first-order valence-corrected chi connectivity index (χ1v) is 8.10. The van der Waals surface area contributed by atoms with Gasteiger partial charge in [0.15, 0.2) is 0 Å². The van der Waals surface area contributed by atoms with Crippen molar-refractivity contribution in [3.8, 4) is 0 Å². The van der Waals surface area contributed by atoms with Crippen molar-refractivity contribution in [3.63, 3.8) is 0 Å². The van der Waals surface area contributed by atoms with Crippen molar-refractivity contribution in [2.24, 2.45) is 5.92 Å². The van der Waals surface area contributed by atoms with Crippen molar-refractivity contribution < 1.29 is 0 Å². The molecule has 0 radical (unpaired) electrons. The van der Waals surface area contributed by atoms with Gasteiger partial charge in [-0.2, -0.15) is 0 Å². The van der Waals surface area contributed by atoms with Crippen LogP contribution in [0.1, 0.15) is 49.8 Å². The zero-order valence-corrected chi connectivity index (χ0v) is 13.0. The van der Waals surface area contributed by atoms with Crippen LogP contribution in [-0.2, 0) is 0 Å². The van der Waals surface area contributed by atoms with Gasteiger partial charge in [-0.1, -0.05) is 74.5 Å². The molecule has 0 amide bonds. The topological polar surface area (TPSA) is 12.0 Å². The molecule has 0 aromatic heterocycles. The third kappa shape index (κ3) is 3.74. The smallest absolute Gasteiger partial charge is 0.0325 e. The summed E-state index contributed by atoms with van der Waals surface area (Å²) in [5.41, 5.74) is 2.90. The van der Waals surface area contributed by atoms with Gasteiger partial charge in [0, 0.05) is 18.0 Å². The minimum atomic E-state index is 0.477. The summed E-state index contributed by atoms with van der Waals surface area (Å²) in [5, 5.41) is 3.89. The quantitative estimate of drug-likeness (QED) is 0.791. The number of nitrogens with one attached hydrogen (secondary N) is 1. The highest BCUT2D eigenvalue weighted by atomic mass is 15.0. The minimum Gasteiger partial charge on any atom is -0.307 e. The minimum absolute atomic E-state index is 0.477. The third-order valence-corrected chi connectivity index (χ3v) is 4.34. The van der Waals surface area contributed by atoms with Crippen molar-refractivity contribution in [2.75, 3.05) is 0 Å². The highest BCUT2D eigenvalue weighted by Crippen LogP contribution is 2.42. The first kappa shape index (κ1) is 14.3. The molecule has 1 aliphatic carbocycles. The van der Waals surface area contributed by atoms with E-state index in [4.69, 9.17) is 0 Å². The maximum absolute atomic E-state index is 3.89. The molecule has 3 atom stereocenters. The van der Waals surface area contributed by atoms with E-state index in [1.807, 2.05) is 0 Å². The van der Waals surface area contributed by atoms with E-state index in [1.165, 1.54) is 24.0 Å². The van der Waals surface area contributed by atoms with E-state index in [-0.39, 0.29) is 0 Å². The van der Waals surface area contributed by atoms with Gasteiger partial charge in [-0.15, -0.1) is 0 Å². The summed E-state index contributed by atoms with van der Waals surface area (Å²) in [6.45, 7) is 4.61. The van der Waals surface area contributed by atoms with Crippen molar-refractivity contribution in [2.45, 2.75) is 44.7 Å². The van der Waals surface area contributed by atoms with E-state index in [9.17, 15) is 0 Å². The van der Waals surface area contributed by atoms with E-state index >= 15 is 0 Å². The van der Waals surface area contributed by atoms with E-state index in [1.54, 1.807) is 0 Å². The molecule has 2 aromatic rings. The molecule has 110 valence electrons. The Labute approximate surface area is 128 Å². The number of rotatable bonds is 6. The number of benzene rings is 2. The maximum atomic E-state index is 3.89. The Morgan fingerprint density at radius 3 is 2.19 bits per heavy atom. The predicted octanol–water partition coefficient (Wildman–Crippen LogP) is 4.92. The normalized spacial score (nSPS) is 22.2. The average Bonchev–Trinajstić information content (AvgIpc) is 3.27. The molecule has 0 saturated heterocycles. The molecule has 3 rings (SSSR count). The molecule has 0 heterocycles. The largest absolute Gasteiger partial charge is 0.307 e. The summed E-state index contributed by atoms with van der Waals surface area (Å²) in [5.74, 6) is 1.40. The molecule has 1 aliphatic rings. The van der Waals surface area contributed by atoms with Crippen LogP contribution in [0, 0.1) is 5.92 Å². The Balaban J connectivity index is 1.66. The predicted molar refractivity (Wildman–Crippen MR) is 89.4 cm³/mol. The van der Waals surface area contributed by atoms with Gasteiger partial charge in [-0.05, 0) is 29.9 Å². The van der Waals surface area contributed by atoms with Crippen LogP contribution in [0.3, 0.4) is 0 Å². The fourth-order valence-electron chi connectivity index (χ4n) is 3.16. The summed E-state index contributed by atoms with van der Waals surface area (Å²) in [6, 6.07) is 22.9. The molecule has 2 aromatic carbocycles. The highest BCUT2D eigenvalue weighted by Gasteiger charge is 2.39. The second-order valence-electron chi connectivity index (χ2n) is 6.62. The first-order valence-electron chi connectivity index (χ1n) is 8.10. The molecular weight excluding hydrogens is 254 g/mol. The number of hydrogen-bond acceptors (Lipinski definition) is 1. The second kappa shape index (κ2) is 6.44. The lowest BCUT2D eigenvalue weighted by Crippen LogP contribution is -2.25. The summed E-state index contributed by atoms with van der Waals surface area (Å²) in [7, 11) is 0. The zero-order chi connectivity index (χ0) is 14.7. The summed E-state index contributed by atoms with van der Waals surface area (Å²) >= 11 is 0. The lowest BCUT2D eigenvalue weighted by molar-refractivity contribution is 0.424. The van der Waals surface area contributed by atoms with Gasteiger partial charge in [0.1, 0.15) is 0 Å². The Hall–Kier alpha value is -1.60. The van der Waals surface area contributed by atoms with Crippen LogP contribution >= 0.6 is 0 Å². The molecule has 1 nitrogen and oxygen atoms in total. The molecular formula is C20H25N. The summed E-state index contributed by atoms with van der Waals surface area (Å²) < 4.78 is 0. The average molecular weight is 279 g/mol. The van der Waals surface area contributed by atoms with Gasteiger partial charge < -0.3 is 5.32 Å². The van der Waals surface area contributed by atoms with Crippen molar-refractivity contribution in [1.82, 2.24) is 5.32 Å². The van der Waals surface area contributed by atoms with Gasteiger partial charge in [0.25, 0.3) is 0 Å². The third-order valence-electron chi connectivity index (χ3n) is 4.34. The monoisotopic (exact) mass is 279 g/mol. The SMILES string of the molecule is CC(C)CC(NC1CC1c1ccccc1)c1ccccc1. The molecule has 1 saturated carbocycles. The zero-order valence-electron chi connectivity index (χ0n) is 13.0. The van der Waals surface area contributed by atoms with Crippen LogP contribution in [-0.4, -0.2) is 6.04 Å². The molecule has 0 spiro atoms. The fourth-order valence-corrected chi connectivity index (χ4v) is 3.16. The Bertz CT molecular complexity index is 547. The van der Waals surface area contributed by atoms with Crippen LogP contribution in [0.4, 0.5) is 0 Å². The Kier molecular flexibility index (Phi) is 4.40. The van der Waals surface area contributed by atoms with Crippen LogP contribution in [0.25, 0.3) is 0 Å². The van der Waals surface area contributed by atoms with E-state index in [0.717, 1.165) is 0 Å². The molecule has 0 bridgehead atoms. The van der Waals surface area contributed by atoms with Crippen LogP contribution in [0.5, 0.6) is 0 Å². The van der Waals surface area contributed by atoms with Gasteiger partial charge in [0.2, 0.25) is 0 Å². The summed E-state index contributed by atoms with van der Waals surface area (Å²) in [4.78, 5) is 0. The van der Waals surface area contributed by atoms with Crippen LogP contribution in [0.2, 0.25) is 0 Å². The van der Waals surface area contributed by atoms with E-state index < -0.39 is 0 Å². The van der Waals surface area contributed by atoms with Crippen molar-refractivity contribution >= 4 is 0 Å². The lowest BCUT2D eigenvalue weighted by Gasteiger charge is -2.21.